The number of nitrogen functional groups attached to an aromatic ring is 1. The molecule has 1 atom stereocenters. The molecule has 2 heterocycles. The molecular formula is C16H19FN6O2. The van der Waals surface area contributed by atoms with Gasteiger partial charge in [0.05, 0.1) is 4.92 Å². The number of nitro groups is 1. The molecule has 1 aromatic carbocycles. The molecule has 2 aromatic rings. The van der Waals surface area contributed by atoms with E-state index >= 15 is 0 Å². The molecule has 0 aliphatic carbocycles. The number of nitrogens with zero attached hydrogens (tertiary/aromatic N) is 5. The summed E-state index contributed by atoms with van der Waals surface area (Å²) in [4.78, 5) is 22.4. The Morgan fingerprint density at radius 1 is 1.28 bits per heavy atom. The predicted octanol–water partition coefficient (Wildman–Crippen LogP) is 1.99. The van der Waals surface area contributed by atoms with Crippen LogP contribution in [0.3, 0.4) is 0 Å². The van der Waals surface area contributed by atoms with Crippen LogP contribution in [0, 0.1) is 15.9 Å². The van der Waals surface area contributed by atoms with Crippen LogP contribution in [0.1, 0.15) is 18.5 Å². The fourth-order valence-electron chi connectivity index (χ4n) is 2.99. The molecular weight excluding hydrogens is 327 g/mol. The minimum atomic E-state index is -0.604. The minimum absolute atomic E-state index is 0.0359. The molecule has 3 rings (SSSR count). The lowest BCUT2D eigenvalue weighted by Gasteiger charge is -2.38. The van der Waals surface area contributed by atoms with Crippen molar-refractivity contribution in [2.75, 3.05) is 36.8 Å². The highest BCUT2D eigenvalue weighted by Crippen LogP contribution is 2.25. The smallest absolute Gasteiger partial charge is 0.329 e. The molecule has 0 bridgehead atoms. The average molecular weight is 346 g/mol. The highest BCUT2D eigenvalue weighted by atomic mass is 19.1. The molecule has 1 aromatic heterocycles. The largest absolute Gasteiger partial charge is 0.378 e. The van der Waals surface area contributed by atoms with Gasteiger partial charge in [-0.1, -0.05) is 18.2 Å². The number of anilines is 2. The van der Waals surface area contributed by atoms with Gasteiger partial charge in [-0.2, -0.15) is 4.98 Å². The van der Waals surface area contributed by atoms with Crippen LogP contribution in [0.2, 0.25) is 0 Å². The summed E-state index contributed by atoms with van der Waals surface area (Å²) in [6.45, 7) is 4.66. The first kappa shape index (κ1) is 17.0. The third-order valence-corrected chi connectivity index (χ3v) is 4.48. The van der Waals surface area contributed by atoms with E-state index in [1.807, 2.05) is 17.9 Å². The Morgan fingerprint density at radius 3 is 2.56 bits per heavy atom. The molecule has 2 N–H and O–H groups in total. The molecule has 1 aliphatic rings. The van der Waals surface area contributed by atoms with Gasteiger partial charge in [0, 0.05) is 37.8 Å². The number of rotatable bonds is 4. The summed E-state index contributed by atoms with van der Waals surface area (Å²) in [7, 11) is 0. The molecule has 132 valence electrons. The van der Waals surface area contributed by atoms with Gasteiger partial charge in [0.15, 0.2) is 0 Å². The minimum Gasteiger partial charge on any atom is -0.378 e. The second-order valence-electron chi connectivity index (χ2n) is 5.92. The third kappa shape index (κ3) is 3.50. The summed E-state index contributed by atoms with van der Waals surface area (Å²) in [5, 5.41) is 10.8. The van der Waals surface area contributed by atoms with Crippen LogP contribution >= 0.6 is 0 Å². The first-order valence-electron chi connectivity index (χ1n) is 7.97. The van der Waals surface area contributed by atoms with Crippen LogP contribution in [0.15, 0.2) is 30.5 Å². The van der Waals surface area contributed by atoms with Crippen LogP contribution in [0.25, 0.3) is 0 Å². The molecule has 0 radical (unpaired) electrons. The fraction of sp³-hybridized carbons (Fsp3) is 0.375. The lowest BCUT2D eigenvalue weighted by atomic mass is 10.1. The van der Waals surface area contributed by atoms with E-state index in [2.05, 4.69) is 14.9 Å². The number of hydrogen-bond donors (Lipinski definition) is 1. The maximum atomic E-state index is 14.0. The van der Waals surface area contributed by atoms with Gasteiger partial charge >= 0.3 is 5.69 Å². The highest BCUT2D eigenvalue weighted by molar-refractivity contribution is 5.53. The molecule has 1 fully saturated rings. The quantitative estimate of drug-likeness (QED) is 0.667. The lowest BCUT2D eigenvalue weighted by Crippen LogP contribution is -2.47. The van der Waals surface area contributed by atoms with E-state index in [0.717, 1.165) is 6.20 Å². The molecule has 0 saturated carbocycles. The standard InChI is InChI=1S/C16H19FN6O2/c1-11(12-4-2-3-5-13(12)17)21-6-8-22(9-7-21)16-19-10-14(23(24)25)15(18)20-16/h2-5,10-11H,6-9H2,1H3,(H2,18,19,20)/t11-/m1/s1. The number of halogens is 1. The van der Waals surface area contributed by atoms with Gasteiger partial charge in [-0.05, 0) is 13.0 Å². The summed E-state index contributed by atoms with van der Waals surface area (Å²) in [6, 6.07) is 6.74. The van der Waals surface area contributed by atoms with Crippen molar-refractivity contribution in [2.45, 2.75) is 13.0 Å². The van der Waals surface area contributed by atoms with E-state index in [4.69, 9.17) is 5.73 Å². The number of nitrogens with two attached hydrogens (primary N) is 1. The lowest BCUT2D eigenvalue weighted by molar-refractivity contribution is -0.384. The van der Waals surface area contributed by atoms with Crippen LogP contribution in [0.5, 0.6) is 0 Å². The summed E-state index contributed by atoms with van der Waals surface area (Å²) >= 11 is 0. The van der Waals surface area contributed by atoms with Crippen molar-refractivity contribution in [3.8, 4) is 0 Å². The number of piperazine rings is 1. The summed E-state index contributed by atoms with van der Waals surface area (Å²) in [6.07, 6.45) is 1.13. The second kappa shape index (κ2) is 6.98. The van der Waals surface area contributed by atoms with Gasteiger partial charge in [0.2, 0.25) is 11.8 Å². The molecule has 9 heteroatoms. The highest BCUT2D eigenvalue weighted by Gasteiger charge is 2.25. The van der Waals surface area contributed by atoms with Gasteiger partial charge < -0.3 is 10.6 Å². The first-order chi connectivity index (χ1) is 12.0. The maximum Gasteiger partial charge on any atom is 0.329 e. The zero-order valence-electron chi connectivity index (χ0n) is 13.8. The first-order valence-corrected chi connectivity index (χ1v) is 7.97. The maximum absolute atomic E-state index is 14.0. The zero-order valence-corrected chi connectivity index (χ0v) is 13.8. The predicted molar refractivity (Wildman–Crippen MR) is 91.7 cm³/mol. The Labute approximate surface area is 144 Å². The molecule has 1 aliphatic heterocycles. The van der Waals surface area contributed by atoms with E-state index in [1.54, 1.807) is 12.1 Å². The molecule has 0 spiro atoms. The van der Waals surface area contributed by atoms with Crippen molar-refractivity contribution in [2.24, 2.45) is 0 Å². The zero-order chi connectivity index (χ0) is 18.0. The van der Waals surface area contributed by atoms with Crippen molar-refractivity contribution in [3.63, 3.8) is 0 Å². The molecule has 8 nitrogen and oxygen atoms in total. The van der Waals surface area contributed by atoms with E-state index in [-0.39, 0.29) is 23.4 Å². The van der Waals surface area contributed by atoms with Crippen molar-refractivity contribution in [3.05, 3.63) is 52.0 Å². The Hall–Kier alpha value is -2.81. The summed E-state index contributed by atoms with van der Waals surface area (Å²) < 4.78 is 14.0. The van der Waals surface area contributed by atoms with E-state index in [0.29, 0.717) is 37.7 Å². The van der Waals surface area contributed by atoms with Crippen LogP contribution in [0.4, 0.5) is 21.8 Å². The van der Waals surface area contributed by atoms with Gasteiger partial charge in [-0.15, -0.1) is 0 Å². The summed E-state index contributed by atoms with van der Waals surface area (Å²) in [5.74, 6) is 0.0300. The topological polar surface area (TPSA) is 101 Å². The Kier molecular flexibility index (Phi) is 4.75. The van der Waals surface area contributed by atoms with Gasteiger partial charge in [-0.3, -0.25) is 15.0 Å². The van der Waals surface area contributed by atoms with Crippen molar-refractivity contribution < 1.29 is 9.31 Å². The van der Waals surface area contributed by atoms with Crippen LogP contribution in [-0.2, 0) is 0 Å². The number of hydrogen-bond acceptors (Lipinski definition) is 7. The van der Waals surface area contributed by atoms with Crippen LogP contribution in [-0.4, -0.2) is 46.0 Å². The van der Waals surface area contributed by atoms with Crippen LogP contribution < -0.4 is 10.6 Å². The Bertz CT molecular complexity index is 779. The van der Waals surface area contributed by atoms with Gasteiger partial charge in [0.1, 0.15) is 12.0 Å². The van der Waals surface area contributed by atoms with Gasteiger partial charge in [0.25, 0.3) is 0 Å². The van der Waals surface area contributed by atoms with Crippen molar-refractivity contribution in [1.29, 1.82) is 0 Å². The number of benzene rings is 1. The molecule has 0 unspecified atom stereocenters. The molecule has 25 heavy (non-hydrogen) atoms. The van der Waals surface area contributed by atoms with Crippen molar-refractivity contribution >= 4 is 17.5 Å². The average Bonchev–Trinajstić information content (AvgIpc) is 2.61. The second-order valence-corrected chi connectivity index (χ2v) is 5.92. The summed E-state index contributed by atoms with van der Waals surface area (Å²) in [5.41, 5.74) is 6.00. The van der Waals surface area contributed by atoms with E-state index in [1.165, 1.54) is 6.07 Å². The van der Waals surface area contributed by atoms with E-state index in [9.17, 15) is 14.5 Å². The monoisotopic (exact) mass is 346 g/mol. The van der Waals surface area contributed by atoms with Crippen molar-refractivity contribution in [1.82, 2.24) is 14.9 Å². The molecule has 0 amide bonds. The number of aromatic nitrogens is 2. The Morgan fingerprint density at radius 2 is 1.96 bits per heavy atom. The Balaban J connectivity index is 1.67. The normalized spacial score (nSPS) is 16.6. The SMILES string of the molecule is C[C@H](c1ccccc1F)N1CCN(c2ncc([N+](=O)[O-])c(N)n2)CC1. The molecule has 1 saturated heterocycles. The third-order valence-electron chi connectivity index (χ3n) is 4.48. The van der Waals surface area contributed by atoms with Gasteiger partial charge in [-0.25, -0.2) is 9.37 Å². The van der Waals surface area contributed by atoms with E-state index < -0.39 is 4.92 Å². The fourth-order valence-corrected chi connectivity index (χ4v) is 2.99.